The number of aryl methyl sites for hydroxylation is 1. The number of carboxylic acids is 1. The van der Waals surface area contributed by atoms with Crippen molar-refractivity contribution >= 4 is 17.7 Å². The molecule has 0 saturated carbocycles. The summed E-state index contributed by atoms with van der Waals surface area (Å²) < 4.78 is 5.01. The molecule has 1 N–H and O–H groups in total. The Kier molecular flexibility index (Phi) is 5.31. The first-order valence-corrected chi connectivity index (χ1v) is 6.38. The topological polar surface area (TPSA) is 76.2 Å². The molecule has 1 atom stereocenters. The van der Waals surface area contributed by atoms with E-state index in [-0.39, 0.29) is 0 Å². The largest absolute Gasteiger partial charge is 0.480 e. The van der Waals surface area contributed by atoms with Crippen LogP contribution in [0.1, 0.15) is 38.4 Å². The number of aromatic nitrogens is 2. The molecule has 90 valence electrons. The fourth-order valence-electron chi connectivity index (χ4n) is 1.20. The number of carbonyl (C=O) groups is 1. The van der Waals surface area contributed by atoms with Gasteiger partial charge in [0.05, 0.1) is 5.75 Å². The Morgan fingerprint density at radius 2 is 2.31 bits per heavy atom. The van der Waals surface area contributed by atoms with Crippen LogP contribution in [0.15, 0.2) is 4.52 Å². The monoisotopic (exact) mass is 244 g/mol. The first-order chi connectivity index (χ1) is 7.67. The molecule has 0 fully saturated rings. The number of aliphatic carboxylic acids is 1. The molecule has 1 unspecified atom stereocenters. The molecular formula is C10H16N2O3S. The number of hydrogen-bond donors (Lipinski definition) is 1. The van der Waals surface area contributed by atoms with E-state index in [0.29, 0.717) is 23.9 Å². The van der Waals surface area contributed by atoms with Crippen molar-refractivity contribution in [1.82, 2.24) is 10.1 Å². The second-order valence-corrected chi connectivity index (χ2v) is 4.59. The maximum Gasteiger partial charge on any atom is 0.316 e. The summed E-state index contributed by atoms with van der Waals surface area (Å²) in [5.74, 6) is 0.900. The number of carboxylic acid groups (broad SMARTS) is 1. The van der Waals surface area contributed by atoms with E-state index in [1.165, 1.54) is 11.8 Å². The lowest BCUT2D eigenvalue weighted by atomic mass is 10.3. The van der Waals surface area contributed by atoms with Crippen LogP contribution in [-0.4, -0.2) is 26.5 Å². The summed E-state index contributed by atoms with van der Waals surface area (Å²) in [6.07, 6.45) is 2.33. The predicted molar refractivity (Wildman–Crippen MR) is 61.3 cm³/mol. The average Bonchev–Trinajstić information content (AvgIpc) is 2.67. The van der Waals surface area contributed by atoms with E-state index in [9.17, 15) is 4.79 Å². The van der Waals surface area contributed by atoms with Crippen molar-refractivity contribution in [2.45, 2.75) is 44.1 Å². The lowest BCUT2D eigenvalue weighted by molar-refractivity contribution is -0.136. The number of rotatable bonds is 7. The maximum absolute atomic E-state index is 10.8. The van der Waals surface area contributed by atoms with Gasteiger partial charge in [-0.15, -0.1) is 11.8 Å². The fourth-order valence-corrected chi connectivity index (χ4v) is 2.05. The van der Waals surface area contributed by atoms with Crippen LogP contribution < -0.4 is 0 Å². The summed E-state index contributed by atoms with van der Waals surface area (Å²) >= 11 is 1.33. The Bertz CT molecular complexity index is 341. The van der Waals surface area contributed by atoms with Crippen LogP contribution >= 0.6 is 11.8 Å². The third-order valence-corrected chi connectivity index (χ3v) is 3.40. The van der Waals surface area contributed by atoms with Crippen LogP contribution in [0.25, 0.3) is 0 Å². The molecule has 0 saturated heterocycles. The molecule has 0 spiro atoms. The SMILES string of the molecule is CCCc1nc(CSC(CC)C(=O)O)no1. The van der Waals surface area contributed by atoms with E-state index in [0.717, 1.165) is 12.8 Å². The van der Waals surface area contributed by atoms with Gasteiger partial charge in [-0.3, -0.25) is 4.79 Å². The molecule has 1 aromatic rings. The summed E-state index contributed by atoms with van der Waals surface area (Å²) in [4.78, 5) is 14.9. The van der Waals surface area contributed by atoms with Crippen molar-refractivity contribution in [1.29, 1.82) is 0 Å². The highest BCUT2D eigenvalue weighted by Gasteiger charge is 2.16. The Morgan fingerprint density at radius 1 is 1.56 bits per heavy atom. The van der Waals surface area contributed by atoms with Gasteiger partial charge in [0.25, 0.3) is 0 Å². The molecule has 0 aliphatic carbocycles. The van der Waals surface area contributed by atoms with Gasteiger partial charge in [0.15, 0.2) is 5.82 Å². The van der Waals surface area contributed by atoms with E-state index in [1.807, 2.05) is 13.8 Å². The highest BCUT2D eigenvalue weighted by atomic mass is 32.2. The molecule has 16 heavy (non-hydrogen) atoms. The van der Waals surface area contributed by atoms with Crippen LogP contribution in [0.4, 0.5) is 0 Å². The quantitative estimate of drug-likeness (QED) is 0.791. The minimum absolute atomic E-state index is 0.395. The average molecular weight is 244 g/mol. The first kappa shape index (κ1) is 13.0. The summed E-state index contributed by atoms with van der Waals surface area (Å²) in [5, 5.41) is 12.3. The van der Waals surface area contributed by atoms with E-state index >= 15 is 0 Å². The van der Waals surface area contributed by atoms with Gasteiger partial charge < -0.3 is 9.63 Å². The van der Waals surface area contributed by atoms with Gasteiger partial charge in [-0.2, -0.15) is 4.98 Å². The molecular weight excluding hydrogens is 228 g/mol. The third kappa shape index (κ3) is 3.84. The second kappa shape index (κ2) is 6.52. The molecule has 0 aliphatic heterocycles. The number of hydrogen-bond acceptors (Lipinski definition) is 5. The Balaban J connectivity index is 2.44. The van der Waals surface area contributed by atoms with Crippen molar-refractivity contribution in [3.8, 4) is 0 Å². The van der Waals surface area contributed by atoms with Crippen LogP contribution in [0.3, 0.4) is 0 Å². The van der Waals surface area contributed by atoms with Gasteiger partial charge in [-0.25, -0.2) is 0 Å². The van der Waals surface area contributed by atoms with Crippen LogP contribution in [0, 0.1) is 0 Å². The molecule has 0 aromatic carbocycles. The Labute approximate surface area is 98.6 Å². The third-order valence-electron chi connectivity index (χ3n) is 2.03. The predicted octanol–water partition coefficient (Wildman–Crippen LogP) is 2.12. The highest BCUT2D eigenvalue weighted by Crippen LogP contribution is 2.19. The number of thioether (sulfide) groups is 1. The lowest BCUT2D eigenvalue weighted by Crippen LogP contribution is -2.15. The van der Waals surface area contributed by atoms with Crippen molar-refractivity contribution in [3.63, 3.8) is 0 Å². The molecule has 0 aliphatic rings. The second-order valence-electron chi connectivity index (χ2n) is 3.40. The minimum Gasteiger partial charge on any atom is -0.480 e. The summed E-state index contributed by atoms with van der Waals surface area (Å²) in [7, 11) is 0. The van der Waals surface area contributed by atoms with Gasteiger partial charge in [-0.05, 0) is 12.8 Å². The number of nitrogens with zero attached hydrogens (tertiary/aromatic N) is 2. The van der Waals surface area contributed by atoms with Crippen LogP contribution in [0.5, 0.6) is 0 Å². The fraction of sp³-hybridized carbons (Fsp3) is 0.700. The normalized spacial score (nSPS) is 12.6. The molecule has 0 amide bonds. The zero-order valence-electron chi connectivity index (χ0n) is 9.47. The van der Waals surface area contributed by atoms with Gasteiger partial charge >= 0.3 is 5.97 Å². The van der Waals surface area contributed by atoms with E-state index in [1.54, 1.807) is 0 Å². The molecule has 1 aromatic heterocycles. The van der Waals surface area contributed by atoms with E-state index < -0.39 is 11.2 Å². The van der Waals surface area contributed by atoms with E-state index in [2.05, 4.69) is 10.1 Å². The van der Waals surface area contributed by atoms with E-state index in [4.69, 9.17) is 9.63 Å². The smallest absolute Gasteiger partial charge is 0.316 e. The van der Waals surface area contributed by atoms with Crippen molar-refractivity contribution < 1.29 is 14.4 Å². The maximum atomic E-state index is 10.8. The minimum atomic E-state index is -0.787. The Hall–Kier alpha value is -1.04. The highest BCUT2D eigenvalue weighted by molar-refractivity contribution is 7.99. The standard InChI is InChI=1S/C10H16N2O3S/c1-3-5-9-11-8(12-15-9)6-16-7(4-2)10(13)14/h7H,3-6H2,1-2H3,(H,13,14). The van der Waals surface area contributed by atoms with Crippen molar-refractivity contribution in [2.75, 3.05) is 0 Å². The summed E-state index contributed by atoms with van der Waals surface area (Å²) in [6.45, 7) is 3.89. The zero-order chi connectivity index (χ0) is 12.0. The van der Waals surface area contributed by atoms with Gasteiger partial charge in [0.1, 0.15) is 5.25 Å². The summed E-state index contributed by atoms with van der Waals surface area (Å²) in [5.41, 5.74) is 0. The Morgan fingerprint density at radius 3 is 2.88 bits per heavy atom. The molecule has 6 heteroatoms. The zero-order valence-corrected chi connectivity index (χ0v) is 10.3. The lowest BCUT2D eigenvalue weighted by Gasteiger charge is -2.06. The van der Waals surface area contributed by atoms with Gasteiger partial charge in [-0.1, -0.05) is 19.0 Å². The molecule has 0 radical (unpaired) electrons. The van der Waals surface area contributed by atoms with Crippen LogP contribution in [0.2, 0.25) is 0 Å². The summed E-state index contributed by atoms with van der Waals surface area (Å²) in [6, 6.07) is 0. The van der Waals surface area contributed by atoms with Gasteiger partial charge in [0.2, 0.25) is 5.89 Å². The van der Waals surface area contributed by atoms with Crippen molar-refractivity contribution in [2.24, 2.45) is 0 Å². The molecule has 1 heterocycles. The molecule has 1 rings (SSSR count). The molecule has 5 nitrogen and oxygen atoms in total. The van der Waals surface area contributed by atoms with Crippen molar-refractivity contribution in [3.05, 3.63) is 11.7 Å². The van der Waals surface area contributed by atoms with Crippen LogP contribution in [-0.2, 0) is 17.0 Å². The molecule has 0 bridgehead atoms. The van der Waals surface area contributed by atoms with Gasteiger partial charge in [0, 0.05) is 6.42 Å². The first-order valence-electron chi connectivity index (χ1n) is 5.33.